The first-order valence-corrected chi connectivity index (χ1v) is 11.2. The number of rotatable bonds is 5. The Morgan fingerprint density at radius 1 is 1.03 bits per heavy atom. The fraction of sp³-hybridized carbons (Fsp3) is 0.300. The molecule has 10 heteroatoms. The fourth-order valence-electron chi connectivity index (χ4n) is 3.73. The molecule has 3 heterocycles. The molecular weight excluding hydrogens is 409 g/mol. The SMILES string of the molecule is O=S(=O)(Nc1cc(Oc2ccc3c(c2)C2=NCCN2C=N3)ccc1F)N1CCCC1. The van der Waals surface area contributed by atoms with E-state index in [-0.39, 0.29) is 5.69 Å². The third-order valence-electron chi connectivity index (χ3n) is 5.24. The lowest BCUT2D eigenvalue weighted by atomic mass is 10.1. The first-order chi connectivity index (χ1) is 14.5. The van der Waals surface area contributed by atoms with E-state index in [1.807, 2.05) is 17.0 Å². The number of aliphatic imine (C=N–C) groups is 2. The summed E-state index contributed by atoms with van der Waals surface area (Å²) in [4.78, 5) is 10.9. The summed E-state index contributed by atoms with van der Waals surface area (Å²) in [5.74, 6) is 1.03. The molecule has 8 nitrogen and oxygen atoms in total. The number of hydrogen-bond acceptors (Lipinski definition) is 6. The van der Waals surface area contributed by atoms with E-state index in [4.69, 9.17) is 4.74 Å². The highest BCUT2D eigenvalue weighted by molar-refractivity contribution is 7.90. The van der Waals surface area contributed by atoms with Gasteiger partial charge in [-0.25, -0.2) is 9.38 Å². The van der Waals surface area contributed by atoms with Crippen LogP contribution in [0.25, 0.3) is 0 Å². The number of fused-ring (bicyclic) bond motifs is 3. The molecule has 0 aromatic heterocycles. The number of anilines is 1. The molecule has 0 aliphatic carbocycles. The highest BCUT2D eigenvalue weighted by atomic mass is 32.2. The molecule has 3 aliphatic heterocycles. The third kappa shape index (κ3) is 3.52. The van der Waals surface area contributed by atoms with Crippen LogP contribution >= 0.6 is 0 Å². The molecule has 1 fully saturated rings. The summed E-state index contributed by atoms with van der Waals surface area (Å²) in [5.41, 5.74) is 1.52. The van der Waals surface area contributed by atoms with Gasteiger partial charge in [0.05, 0.1) is 24.3 Å². The first-order valence-electron chi connectivity index (χ1n) is 9.75. The maximum atomic E-state index is 14.3. The summed E-state index contributed by atoms with van der Waals surface area (Å²) in [7, 11) is -3.80. The van der Waals surface area contributed by atoms with Crippen molar-refractivity contribution in [3.63, 3.8) is 0 Å². The second-order valence-corrected chi connectivity index (χ2v) is 8.95. The van der Waals surface area contributed by atoms with Crippen LogP contribution in [-0.2, 0) is 10.2 Å². The minimum Gasteiger partial charge on any atom is -0.457 e. The standard InChI is InChI=1S/C20H20FN5O3S/c21-17-5-3-15(12-19(17)24-30(27,28)26-8-1-2-9-26)29-14-4-6-18-16(11-14)20-22-7-10-25(20)13-23-18/h3-6,11-13,24H,1-2,7-10H2. The van der Waals surface area contributed by atoms with Crippen LogP contribution in [-0.4, -0.2) is 56.0 Å². The topological polar surface area (TPSA) is 86.6 Å². The predicted molar refractivity (Wildman–Crippen MR) is 113 cm³/mol. The van der Waals surface area contributed by atoms with Crippen LogP contribution in [0.3, 0.4) is 0 Å². The smallest absolute Gasteiger partial charge is 0.301 e. The Morgan fingerprint density at radius 2 is 1.80 bits per heavy atom. The van der Waals surface area contributed by atoms with Crippen LogP contribution in [0.2, 0.25) is 0 Å². The predicted octanol–water partition coefficient (Wildman–Crippen LogP) is 3.11. The molecule has 0 unspecified atom stereocenters. The number of benzene rings is 2. The average molecular weight is 429 g/mol. The van der Waals surface area contributed by atoms with Crippen LogP contribution in [0, 0.1) is 5.82 Å². The molecule has 2 aromatic carbocycles. The van der Waals surface area contributed by atoms with Crippen LogP contribution < -0.4 is 9.46 Å². The van der Waals surface area contributed by atoms with Crippen LogP contribution in [0.15, 0.2) is 46.4 Å². The lowest BCUT2D eigenvalue weighted by Crippen LogP contribution is -2.33. The Morgan fingerprint density at radius 3 is 2.63 bits per heavy atom. The normalized spacial score (nSPS) is 18.2. The van der Waals surface area contributed by atoms with Gasteiger partial charge in [0.2, 0.25) is 0 Å². The lowest BCUT2D eigenvalue weighted by Gasteiger charge is -2.21. The summed E-state index contributed by atoms with van der Waals surface area (Å²) in [5, 5.41) is 0. The summed E-state index contributed by atoms with van der Waals surface area (Å²) < 4.78 is 48.7. The molecule has 0 radical (unpaired) electrons. The van der Waals surface area contributed by atoms with E-state index in [0.29, 0.717) is 31.1 Å². The first kappa shape index (κ1) is 19.0. The maximum absolute atomic E-state index is 14.3. The highest BCUT2D eigenvalue weighted by Crippen LogP contribution is 2.33. The van der Waals surface area contributed by atoms with Gasteiger partial charge >= 0.3 is 10.2 Å². The van der Waals surface area contributed by atoms with Crippen molar-refractivity contribution < 1.29 is 17.5 Å². The number of ether oxygens (including phenoxy) is 1. The Kier molecular flexibility index (Phi) is 4.67. The number of hydrogen-bond donors (Lipinski definition) is 1. The highest BCUT2D eigenvalue weighted by Gasteiger charge is 2.26. The molecule has 0 bridgehead atoms. The Hall–Kier alpha value is -2.98. The monoisotopic (exact) mass is 429 g/mol. The van der Waals surface area contributed by atoms with Crippen molar-refractivity contribution >= 4 is 33.8 Å². The number of nitrogens with one attached hydrogen (secondary N) is 1. The third-order valence-corrected chi connectivity index (χ3v) is 6.76. The molecule has 0 amide bonds. The zero-order chi connectivity index (χ0) is 20.7. The summed E-state index contributed by atoms with van der Waals surface area (Å²) in [6, 6.07) is 9.42. The Bertz CT molecular complexity index is 1160. The average Bonchev–Trinajstić information content (AvgIpc) is 3.42. The molecule has 3 aliphatic rings. The van der Waals surface area contributed by atoms with E-state index in [0.717, 1.165) is 36.5 Å². The van der Waals surface area contributed by atoms with Crippen molar-refractivity contribution in [2.75, 3.05) is 30.9 Å². The van der Waals surface area contributed by atoms with E-state index in [1.165, 1.54) is 22.5 Å². The zero-order valence-corrected chi connectivity index (χ0v) is 16.9. The van der Waals surface area contributed by atoms with Gasteiger partial charge in [-0.1, -0.05) is 0 Å². The molecule has 5 rings (SSSR count). The van der Waals surface area contributed by atoms with E-state index >= 15 is 0 Å². The molecule has 30 heavy (non-hydrogen) atoms. The second-order valence-electron chi connectivity index (χ2n) is 7.28. The van der Waals surface area contributed by atoms with Crippen molar-refractivity contribution in [1.29, 1.82) is 0 Å². The van der Waals surface area contributed by atoms with Crippen LogP contribution in [0.5, 0.6) is 11.5 Å². The van der Waals surface area contributed by atoms with Gasteiger partial charge < -0.3 is 9.64 Å². The minimum absolute atomic E-state index is 0.145. The second kappa shape index (κ2) is 7.37. The van der Waals surface area contributed by atoms with Crippen molar-refractivity contribution in [2.24, 2.45) is 9.98 Å². The molecule has 156 valence electrons. The van der Waals surface area contributed by atoms with Gasteiger partial charge in [0.1, 0.15) is 23.2 Å². The van der Waals surface area contributed by atoms with Gasteiger partial charge in [-0.3, -0.25) is 9.71 Å². The molecule has 1 N–H and O–H groups in total. The molecule has 0 saturated carbocycles. The minimum atomic E-state index is -3.80. The van der Waals surface area contributed by atoms with Crippen molar-refractivity contribution in [2.45, 2.75) is 12.8 Å². The van der Waals surface area contributed by atoms with Gasteiger partial charge in [0.15, 0.2) is 0 Å². The largest absolute Gasteiger partial charge is 0.457 e. The van der Waals surface area contributed by atoms with Gasteiger partial charge in [0.25, 0.3) is 0 Å². The van der Waals surface area contributed by atoms with Crippen LogP contribution in [0.4, 0.5) is 15.8 Å². The molecule has 2 aromatic rings. The van der Waals surface area contributed by atoms with Gasteiger partial charge in [-0.2, -0.15) is 12.7 Å². The van der Waals surface area contributed by atoms with Crippen molar-refractivity contribution in [1.82, 2.24) is 9.21 Å². The molecule has 1 saturated heterocycles. The van der Waals surface area contributed by atoms with E-state index < -0.39 is 16.0 Å². The summed E-state index contributed by atoms with van der Waals surface area (Å²) in [6.07, 6.45) is 3.38. The van der Waals surface area contributed by atoms with Crippen molar-refractivity contribution in [3.05, 3.63) is 47.8 Å². The number of halogens is 1. The Labute approximate surface area is 173 Å². The maximum Gasteiger partial charge on any atom is 0.301 e. The molecule has 0 spiro atoms. The van der Waals surface area contributed by atoms with E-state index in [9.17, 15) is 12.8 Å². The molecular formula is C20H20FN5O3S. The molecule has 0 atom stereocenters. The number of nitrogens with zero attached hydrogens (tertiary/aromatic N) is 4. The zero-order valence-electron chi connectivity index (χ0n) is 16.1. The van der Waals surface area contributed by atoms with Crippen LogP contribution in [0.1, 0.15) is 18.4 Å². The van der Waals surface area contributed by atoms with Crippen molar-refractivity contribution in [3.8, 4) is 11.5 Å². The number of amidine groups is 1. The quantitative estimate of drug-likeness (QED) is 0.791. The summed E-state index contributed by atoms with van der Waals surface area (Å²) in [6.45, 7) is 2.38. The van der Waals surface area contributed by atoms with Gasteiger partial charge in [0, 0.05) is 31.3 Å². The lowest BCUT2D eigenvalue weighted by molar-refractivity contribution is 0.479. The van der Waals surface area contributed by atoms with E-state index in [1.54, 1.807) is 12.4 Å². The van der Waals surface area contributed by atoms with E-state index in [2.05, 4.69) is 14.7 Å². The van der Waals surface area contributed by atoms with Gasteiger partial charge in [-0.15, -0.1) is 0 Å². The fourth-order valence-corrected chi connectivity index (χ4v) is 5.03. The van der Waals surface area contributed by atoms with Gasteiger partial charge in [-0.05, 0) is 43.2 Å². The Balaban J connectivity index is 1.39. The summed E-state index contributed by atoms with van der Waals surface area (Å²) >= 11 is 0.